The van der Waals surface area contributed by atoms with E-state index in [1.165, 1.54) is 0 Å². The summed E-state index contributed by atoms with van der Waals surface area (Å²) in [6.45, 7) is 8.13. The van der Waals surface area contributed by atoms with Crippen LogP contribution in [-0.4, -0.2) is 18.3 Å². The van der Waals surface area contributed by atoms with E-state index in [-0.39, 0.29) is 12.3 Å². The van der Waals surface area contributed by atoms with Gasteiger partial charge in [0.25, 0.3) is 0 Å². The number of anilines is 2. The highest BCUT2D eigenvalue weighted by Gasteiger charge is 2.39. The molecule has 0 spiro atoms. The van der Waals surface area contributed by atoms with Crippen LogP contribution in [0.15, 0.2) is 115 Å². The van der Waals surface area contributed by atoms with Crippen LogP contribution < -0.4 is 22.8 Å². The molecule has 0 bridgehead atoms. The molecule has 0 saturated carbocycles. The van der Waals surface area contributed by atoms with Crippen molar-refractivity contribution in [1.29, 1.82) is 0 Å². The molecule has 2 aliphatic rings. The highest BCUT2D eigenvalue weighted by atomic mass is 31.2. The van der Waals surface area contributed by atoms with Gasteiger partial charge in [0.05, 0.1) is 22.3 Å². The Kier molecular flexibility index (Phi) is 11.5. The van der Waals surface area contributed by atoms with Crippen molar-refractivity contribution in [2.75, 3.05) is 4.67 Å². The van der Waals surface area contributed by atoms with Gasteiger partial charge in [-0.25, -0.2) is 4.79 Å². The monoisotopic (exact) mass is 759 g/mol. The molecular formula is C41H31NO10P2. The van der Waals surface area contributed by atoms with Gasteiger partial charge in [-0.15, -0.1) is 0 Å². The lowest BCUT2D eigenvalue weighted by molar-refractivity contribution is -0.193. The molecule has 0 N–H and O–H groups in total. The van der Waals surface area contributed by atoms with Crippen LogP contribution >= 0.6 is 17.1 Å². The summed E-state index contributed by atoms with van der Waals surface area (Å²) in [6.07, 6.45) is 0.500. The maximum atomic E-state index is 13.3. The van der Waals surface area contributed by atoms with Crippen molar-refractivity contribution in [1.82, 2.24) is 0 Å². The van der Waals surface area contributed by atoms with Gasteiger partial charge in [-0.05, 0) is 104 Å². The molecule has 6 aromatic carbocycles. The Morgan fingerprint density at radius 2 is 1.09 bits per heavy atom. The Morgan fingerprint density at radius 1 is 0.574 bits per heavy atom. The molecule has 270 valence electrons. The van der Waals surface area contributed by atoms with E-state index in [9.17, 15) is 4.79 Å². The Bertz CT molecular complexity index is 2370. The van der Waals surface area contributed by atoms with Crippen molar-refractivity contribution in [3.05, 3.63) is 143 Å². The molecule has 1 atom stereocenters. The molecule has 8 rings (SSSR count). The second-order valence-corrected chi connectivity index (χ2v) is 14.3. The Labute approximate surface area is 313 Å². The average molecular weight is 760 g/mol. The number of aryl methyl sites for hydroxylation is 4. The summed E-state index contributed by atoms with van der Waals surface area (Å²) < 4.78 is 34.2. The Hall–Kier alpha value is -6.33. The van der Waals surface area contributed by atoms with Crippen molar-refractivity contribution in [2.24, 2.45) is 0 Å². The fourth-order valence-corrected chi connectivity index (χ4v) is 8.93. The van der Waals surface area contributed by atoms with E-state index in [0.29, 0.717) is 17.1 Å². The second-order valence-electron chi connectivity index (χ2n) is 12.1. The van der Waals surface area contributed by atoms with Crippen molar-refractivity contribution < 1.29 is 46.6 Å². The van der Waals surface area contributed by atoms with Crippen LogP contribution in [0.5, 0.6) is 23.0 Å². The number of rotatable bonds is 6. The molecule has 0 saturated heterocycles. The van der Waals surface area contributed by atoms with Crippen LogP contribution in [0, 0.1) is 27.7 Å². The molecule has 6 aromatic rings. The minimum absolute atomic E-state index is 0.250. The average Bonchev–Trinajstić information content (AvgIpc) is 3.15. The molecule has 0 aromatic heterocycles. The van der Waals surface area contributed by atoms with Gasteiger partial charge in [0.2, 0.25) is 0 Å². The summed E-state index contributed by atoms with van der Waals surface area (Å²) in [7, 11) is -3.76. The van der Waals surface area contributed by atoms with Crippen molar-refractivity contribution in [3.8, 4) is 34.1 Å². The minimum Gasteiger partial charge on any atom is -0.422 e. The molecule has 1 unspecified atom stereocenters. The van der Waals surface area contributed by atoms with E-state index in [2.05, 4.69) is 38.1 Å². The van der Waals surface area contributed by atoms with Gasteiger partial charge in [0.1, 0.15) is 23.0 Å². The van der Waals surface area contributed by atoms with Crippen molar-refractivity contribution >= 4 is 57.5 Å². The van der Waals surface area contributed by atoms with Gasteiger partial charge in [-0.2, -0.15) is 19.2 Å². The van der Waals surface area contributed by atoms with E-state index in [0.717, 1.165) is 67.0 Å². The fraction of sp³-hybridized carbons (Fsp3) is 0.0976. The number of carbonyl (C=O) groups is 1. The largest absolute Gasteiger partial charge is 0.530 e. The predicted molar refractivity (Wildman–Crippen MR) is 202 cm³/mol. The number of nitrogens with zero attached hydrogens (tertiary/aromatic N) is 1. The van der Waals surface area contributed by atoms with E-state index < -0.39 is 23.1 Å². The van der Waals surface area contributed by atoms with Crippen LogP contribution in [0.3, 0.4) is 0 Å². The summed E-state index contributed by atoms with van der Waals surface area (Å²) in [5, 5.41) is 1.98. The molecule has 0 radical (unpaired) electrons. The van der Waals surface area contributed by atoms with E-state index in [1.54, 1.807) is 6.07 Å². The Morgan fingerprint density at radius 3 is 1.67 bits per heavy atom. The van der Waals surface area contributed by atoms with Crippen LogP contribution in [-0.2, 0) is 23.7 Å². The van der Waals surface area contributed by atoms with Gasteiger partial charge in [-0.3, -0.25) is 4.67 Å². The first-order valence-corrected chi connectivity index (χ1v) is 18.6. The number of hydrogen-bond donors (Lipinski definition) is 0. The molecule has 0 fully saturated rings. The molecule has 0 aliphatic carbocycles. The molecule has 0 amide bonds. The first-order chi connectivity index (χ1) is 26.2. The van der Waals surface area contributed by atoms with E-state index >= 15 is 0 Å². The lowest BCUT2D eigenvalue weighted by atomic mass is 9.95. The van der Waals surface area contributed by atoms with E-state index in [1.807, 2.05) is 103 Å². The summed E-state index contributed by atoms with van der Waals surface area (Å²) in [5.41, 5.74) is 7.65. The third kappa shape index (κ3) is 7.72. The first-order valence-electron chi connectivity index (χ1n) is 16.4. The maximum Gasteiger partial charge on any atom is 0.530 e. The van der Waals surface area contributed by atoms with Crippen molar-refractivity contribution in [3.63, 3.8) is 0 Å². The smallest absolute Gasteiger partial charge is 0.422 e. The number of para-hydroxylation sites is 2. The van der Waals surface area contributed by atoms with Gasteiger partial charge >= 0.3 is 35.4 Å². The normalized spacial score (nSPS) is 13.9. The predicted octanol–water partition coefficient (Wildman–Crippen LogP) is 10.3. The number of carbonyl (C=O) groups excluding carboxylic acids is 5. The molecule has 13 heteroatoms. The van der Waals surface area contributed by atoms with Crippen LogP contribution in [0.2, 0.25) is 0 Å². The summed E-state index contributed by atoms with van der Waals surface area (Å²) in [4.78, 5) is 45.8. The molecule has 11 nitrogen and oxygen atoms in total. The molecule has 2 aliphatic heterocycles. The van der Waals surface area contributed by atoms with Crippen LogP contribution in [0.4, 0.5) is 11.4 Å². The Balaban J connectivity index is 0.000000779. The third-order valence-corrected chi connectivity index (χ3v) is 10.8. The zero-order valence-corrected chi connectivity index (χ0v) is 31.2. The lowest BCUT2D eigenvalue weighted by Gasteiger charge is -2.35. The number of benzene rings is 6. The van der Waals surface area contributed by atoms with Gasteiger partial charge in [0, 0.05) is 11.1 Å². The fourth-order valence-electron chi connectivity index (χ4n) is 6.29. The van der Waals surface area contributed by atoms with Crippen LogP contribution in [0.1, 0.15) is 32.6 Å². The zero-order chi connectivity index (χ0) is 38.4. The second kappa shape index (κ2) is 16.6. The zero-order valence-electron chi connectivity index (χ0n) is 29.4. The molecular weight excluding hydrogens is 728 g/mol. The van der Waals surface area contributed by atoms with Crippen LogP contribution in [0.25, 0.3) is 21.9 Å². The maximum absolute atomic E-state index is 13.3. The third-order valence-electron chi connectivity index (χ3n) is 8.31. The van der Waals surface area contributed by atoms with Crippen molar-refractivity contribution in [2.45, 2.75) is 27.7 Å². The summed E-state index contributed by atoms with van der Waals surface area (Å²) >= 11 is 0. The minimum atomic E-state index is -1.94. The first kappa shape index (κ1) is 37.4. The van der Waals surface area contributed by atoms with Gasteiger partial charge < -0.3 is 22.6 Å². The van der Waals surface area contributed by atoms with Gasteiger partial charge in [-0.1, -0.05) is 66.7 Å². The quantitative estimate of drug-likeness (QED) is 0.150. The number of fused-ring (bicyclic) bond motifs is 1. The van der Waals surface area contributed by atoms with Gasteiger partial charge in [0.15, 0.2) is 0 Å². The molecule has 2 heterocycles. The topological polar surface area (TPSA) is 135 Å². The highest BCUT2D eigenvalue weighted by Crippen LogP contribution is 2.58. The highest BCUT2D eigenvalue weighted by molar-refractivity contribution is 7.51. The standard InChI is InChI=1S/C39H31NO6P2.2CO2/c1-24-20-26(3)37(44-47-40(29-14-6-5-7-15-29)33-17-9-8-16-30(33)39(41)46-47)31(22-24)32-23-25(2)21-27(4)38(32)45-48-42-34-18-10-12-28-13-11-19-35(43-48)36(28)34;2*2-1-3/h5-23H,1-4H3;;. The summed E-state index contributed by atoms with van der Waals surface area (Å²) in [5.74, 6) is 2.26. The number of hydrogen-bond acceptors (Lipinski definition) is 11. The molecule has 54 heavy (non-hydrogen) atoms. The lowest BCUT2D eigenvalue weighted by Crippen LogP contribution is -2.25. The summed E-state index contributed by atoms with van der Waals surface area (Å²) in [6, 6.07) is 37.5. The SMILES string of the molecule is Cc1cc(C)c(OP2Oc3cccc4cccc(c34)O2)c(-c2cc(C)cc(C)c2OP2OC(=O)c3ccccc3N2c2ccccc2)c1.O=C=O.O=C=O. The van der Waals surface area contributed by atoms with E-state index in [4.69, 9.17) is 41.8 Å².